The number of hydrogen-bond donors (Lipinski definition) is 1. The lowest BCUT2D eigenvalue weighted by Gasteiger charge is -2.18. The second-order valence-electron chi connectivity index (χ2n) is 4.83. The molecule has 2 nitrogen and oxygen atoms in total. The zero-order valence-electron chi connectivity index (χ0n) is 10.4. The second kappa shape index (κ2) is 5.26. The van der Waals surface area contributed by atoms with Crippen molar-refractivity contribution >= 4 is 12.6 Å². The lowest BCUT2D eigenvalue weighted by molar-refractivity contribution is 0.455. The molecule has 0 N–H and O–H groups in total. The van der Waals surface area contributed by atoms with Gasteiger partial charge in [0.15, 0.2) is 0 Å². The monoisotopic (exact) mass is 238 g/mol. The molecule has 1 aliphatic carbocycles. The van der Waals surface area contributed by atoms with Gasteiger partial charge in [-0.15, -0.1) is 0 Å². The largest absolute Gasteiger partial charge is 0.332 e. The molecule has 0 saturated carbocycles. The van der Waals surface area contributed by atoms with Crippen molar-refractivity contribution in [2.45, 2.75) is 52.5 Å². The molecule has 0 aliphatic heterocycles. The average Bonchev–Trinajstić information content (AvgIpc) is 2.62. The Morgan fingerprint density at radius 2 is 2.12 bits per heavy atom. The van der Waals surface area contributed by atoms with Gasteiger partial charge in [0.2, 0.25) is 0 Å². The number of rotatable bonds is 4. The molecule has 2 rings (SSSR count). The molecule has 0 spiro atoms. The van der Waals surface area contributed by atoms with Crippen molar-refractivity contribution < 1.29 is 0 Å². The number of thiol groups is 1. The predicted octanol–water partition coefficient (Wildman–Crippen LogP) is 3.03. The Labute approximate surface area is 104 Å². The summed E-state index contributed by atoms with van der Waals surface area (Å²) in [6.45, 7) is 5.50. The molecular weight excluding hydrogens is 216 g/mol. The van der Waals surface area contributed by atoms with Gasteiger partial charge in [0.25, 0.3) is 0 Å². The van der Waals surface area contributed by atoms with Crippen molar-refractivity contribution in [3.05, 3.63) is 17.2 Å². The number of aromatic nitrogens is 2. The standard InChI is InChI=1S/C13H22N2S/c1-3-11(9-16)8-15-10(2)14-12-6-4-5-7-13(12)15/h11,16H,3-9H2,1-2H3. The van der Waals surface area contributed by atoms with E-state index in [1.165, 1.54) is 49.3 Å². The summed E-state index contributed by atoms with van der Waals surface area (Å²) in [6.07, 6.45) is 6.25. The van der Waals surface area contributed by atoms with E-state index in [9.17, 15) is 0 Å². The van der Waals surface area contributed by atoms with E-state index in [1.54, 1.807) is 0 Å². The van der Waals surface area contributed by atoms with Crippen molar-refractivity contribution in [3.63, 3.8) is 0 Å². The van der Waals surface area contributed by atoms with Crippen LogP contribution in [-0.2, 0) is 19.4 Å². The van der Waals surface area contributed by atoms with Crippen LogP contribution in [0.1, 0.15) is 43.4 Å². The van der Waals surface area contributed by atoms with Crippen LogP contribution in [0.25, 0.3) is 0 Å². The van der Waals surface area contributed by atoms with E-state index in [4.69, 9.17) is 4.98 Å². The van der Waals surface area contributed by atoms with Gasteiger partial charge in [0, 0.05) is 12.2 Å². The predicted molar refractivity (Wildman–Crippen MR) is 71.2 cm³/mol. The number of fused-ring (bicyclic) bond motifs is 1. The van der Waals surface area contributed by atoms with Crippen LogP contribution in [-0.4, -0.2) is 15.3 Å². The molecule has 0 bridgehead atoms. The third-order valence-electron chi connectivity index (χ3n) is 3.70. The Hall–Kier alpha value is -0.440. The summed E-state index contributed by atoms with van der Waals surface area (Å²) in [4.78, 5) is 4.71. The van der Waals surface area contributed by atoms with Gasteiger partial charge in [-0.05, 0) is 44.3 Å². The van der Waals surface area contributed by atoms with Gasteiger partial charge in [-0.3, -0.25) is 0 Å². The van der Waals surface area contributed by atoms with Crippen molar-refractivity contribution in [1.29, 1.82) is 0 Å². The van der Waals surface area contributed by atoms with Crippen molar-refractivity contribution in [2.24, 2.45) is 5.92 Å². The van der Waals surface area contributed by atoms with Gasteiger partial charge in [-0.1, -0.05) is 13.3 Å². The molecule has 0 amide bonds. The Morgan fingerprint density at radius 1 is 1.38 bits per heavy atom. The molecule has 1 unspecified atom stereocenters. The molecule has 90 valence electrons. The summed E-state index contributed by atoms with van der Waals surface area (Å²) < 4.78 is 2.44. The smallest absolute Gasteiger partial charge is 0.106 e. The van der Waals surface area contributed by atoms with Gasteiger partial charge in [0.1, 0.15) is 5.82 Å². The van der Waals surface area contributed by atoms with Gasteiger partial charge < -0.3 is 4.57 Å². The highest BCUT2D eigenvalue weighted by atomic mass is 32.1. The molecule has 1 atom stereocenters. The Balaban J connectivity index is 2.22. The summed E-state index contributed by atoms with van der Waals surface area (Å²) in [7, 11) is 0. The molecule has 1 aromatic heterocycles. The van der Waals surface area contributed by atoms with Gasteiger partial charge in [-0.2, -0.15) is 12.6 Å². The SMILES string of the molecule is CCC(CS)Cn1c(C)nc2c1CCCC2. The first-order valence-electron chi connectivity index (χ1n) is 6.42. The van der Waals surface area contributed by atoms with Crippen LogP contribution >= 0.6 is 12.6 Å². The fraction of sp³-hybridized carbons (Fsp3) is 0.769. The number of aryl methyl sites for hydroxylation is 2. The molecule has 1 aromatic rings. The maximum absolute atomic E-state index is 4.71. The van der Waals surface area contributed by atoms with Crippen LogP contribution in [0.5, 0.6) is 0 Å². The van der Waals surface area contributed by atoms with Crippen molar-refractivity contribution in [1.82, 2.24) is 9.55 Å². The van der Waals surface area contributed by atoms with Crippen LogP contribution in [0.15, 0.2) is 0 Å². The summed E-state index contributed by atoms with van der Waals surface area (Å²) in [6, 6.07) is 0. The molecule has 0 radical (unpaired) electrons. The van der Waals surface area contributed by atoms with Gasteiger partial charge >= 0.3 is 0 Å². The first kappa shape index (κ1) is 12.0. The topological polar surface area (TPSA) is 17.8 Å². The zero-order chi connectivity index (χ0) is 11.5. The summed E-state index contributed by atoms with van der Waals surface area (Å²) in [5.41, 5.74) is 2.86. The summed E-state index contributed by atoms with van der Waals surface area (Å²) >= 11 is 4.43. The molecule has 3 heteroatoms. The zero-order valence-corrected chi connectivity index (χ0v) is 11.3. The fourth-order valence-electron chi connectivity index (χ4n) is 2.55. The van der Waals surface area contributed by atoms with E-state index in [1.807, 2.05) is 0 Å². The van der Waals surface area contributed by atoms with E-state index < -0.39 is 0 Å². The Bertz CT molecular complexity index is 353. The van der Waals surface area contributed by atoms with E-state index in [0.29, 0.717) is 5.92 Å². The minimum absolute atomic E-state index is 0.683. The number of nitrogens with zero attached hydrogens (tertiary/aromatic N) is 2. The lowest BCUT2D eigenvalue weighted by Crippen LogP contribution is -2.16. The molecule has 16 heavy (non-hydrogen) atoms. The van der Waals surface area contributed by atoms with Gasteiger partial charge in [0.05, 0.1) is 5.69 Å². The summed E-state index contributed by atoms with van der Waals surface area (Å²) in [5, 5.41) is 0. The third kappa shape index (κ3) is 2.29. The van der Waals surface area contributed by atoms with Crippen LogP contribution in [0, 0.1) is 12.8 Å². The minimum Gasteiger partial charge on any atom is -0.332 e. The highest BCUT2D eigenvalue weighted by Crippen LogP contribution is 2.23. The van der Waals surface area contributed by atoms with Crippen LogP contribution in [0.4, 0.5) is 0 Å². The normalized spacial score (nSPS) is 17.2. The highest BCUT2D eigenvalue weighted by molar-refractivity contribution is 7.80. The summed E-state index contributed by atoms with van der Waals surface area (Å²) in [5.74, 6) is 2.86. The fourth-order valence-corrected chi connectivity index (χ4v) is 2.93. The molecular formula is C13H22N2S. The van der Waals surface area contributed by atoms with Crippen LogP contribution in [0.3, 0.4) is 0 Å². The molecule has 0 fully saturated rings. The van der Waals surface area contributed by atoms with Crippen molar-refractivity contribution in [2.75, 3.05) is 5.75 Å². The van der Waals surface area contributed by atoms with Crippen LogP contribution in [0.2, 0.25) is 0 Å². The van der Waals surface area contributed by atoms with E-state index in [-0.39, 0.29) is 0 Å². The average molecular weight is 238 g/mol. The van der Waals surface area contributed by atoms with Crippen molar-refractivity contribution in [3.8, 4) is 0 Å². The highest BCUT2D eigenvalue weighted by Gasteiger charge is 2.19. The molecule has 1 heterocycles. The minimum atomic E-state index is 0.683. The quantitative estimate of drug-likeness (QED) is 0.798. The number of hydrogen-bond acceptors (Lipinski definition) is 2. The van der Waals surface area contributed by atoms with E-state index >= 15 is 0 Å². The third-order valence-corrected chi connectivity index (χ3v) is 4.22. The Kier molecular flexibility index (Phi) is 3.95. The second-order valence-corrected chi connectivity index (χ2v) is 5.19. The molecule has 1 aliphatic rings. The van der Waals surface area contributed by atoms with E-state index in [0.717, 1.165) is 12.3 Å². The maximum Gasteiger partial charge on any atom is 0.106 e. The first-order chi connectivity index (χ1) is 7.76. The van der Waals surface area contributed by atoms with Gasteiger partial charge in [-0.25, -0.2) is 4.98 Å². The Morgan fingerprint density at radius 3 is 2.81 bits per heavy atom. The van der Waals surface area contributed by atoms with E-state index in [2.05, 4.69) is 31.0 Å². The maximum atomic E-state index is 4.71. The first-order valence-corrected chi connectivity index (χ1v) is 7.05. The molecule has 0 saturated heterocycles. The lowest BCUT2D eigenvalue weighted by atomic mass is 10.0. The van der Waals surface area contributed by atoms with Crippen LogP contribution < -0.4 is 0 Å². The number of imidazole rings is 1. The molecule has 0 aromatic carbocycles.